The predicted molar refractivity (Wildman–Crippen MR) is 86.9 cm³/mol. The van der Waals surface area contributed by atoms with Crippen molar-refractivity contribution in [1.82, 2.24) is 14.9 Å². The number of alkyl halides is 1. The first-order chi connectivity index (χ1) is 9.88. The molecule has 0 aliphatic rings. The normalized spacial score (nSPS) is 12.9. The number of aryl methyl sites for hydroxylation is 1. The molecule has 1 heterocycles. The van der Waals surface area contributed by atoms with Gasteiger partial charge in [-0.15, -0.1) is 11.6 Å². The number of carbonyl (C=O) groups excluding carboxylic acids is 1. The van der Waals surface area contributed by atoms with Crippen LogP contribution in [-0.4, -0.2) is 21.5 Å². The minimum atomic E-state index is -0.232. The molecule has 4 nitrogen and oxygen atoms in total. The molecule has 6 heteroatoms. The van der Waals surface area contributed by atoms with Gasteiger partial charge < -0.3 is 9.88 Å². The van der Waals surface area contributed by atoms with E-state index >= 15 is 0 Å². The van der Waals surface area contributed by atoms with Crippen molar-refractivity contribution < 1.29 is 4.79 Å². The summed E-state index contributed by atoms with van der Waals surface area (Å²) in [7, 11) is 0. The molecule has 1 amide bonds. The number of amides is 1. The number of halogens is 2. The third-order valence-corrected chi connectivity index (χ3v) is 3.54. The molecule has 0 bridgehead atoms. The van der Waals surface area contributed by atoms with Crippen LogP contribution in [0.5, 0.6) is 0 Å². The average molecular weight is 328 g/mol. The Morgan fingerprint density at radius 2 is 2.10 bits per heavy atom. The number of imidazole rings is 1. The molecule has 1 N–H and O–H groups in total. The Morgan fingerprint density at radius 3 is 2.71 bits per heavy atom. The van der Waals surface area contributed by atoms with Gasteiger partial charge in [-0.05, 0) is 39.0 Å². The van der Waals surface area contributed by atoms with E-state index in [4.69, 9.17) is 23.2 Å². The molecule has 0 radical (unpaired) electrons. The lowest BCUT2D eigenvalue weighted by molar-refractivity contribution is -0.121. The van der Waals surface area contributed by atoms with Crippen molar-refractivity contribution in [3.05, 3.63) is 29.0 Å². The highest BCUT2D eigenvalue weighted by Gasteiger charge is 2.16. The maximum atomic E-state index is 11.8. The topological polar surface area (TPSA) is 46.9 Å². The van der Waals surface area contributed by atoms with Gasteiger partial charge in [0.05, 0.1) is 16.4 Å². The first kappa shape index (κ1) is 16.1. The standard InChI is InChI=1S/C15H19Cl2N3O/c1-9(2)18-14(21)6-7-20-13-5-4-11(17)8-12(13)19-15(20)10(3)16/h4-5,8-10H,6-7H2,1-3H3,(H,18,21). The first-order valence-corrected chi connectivity index (χ1v) is 7.79. The summed E-state index contributed by atoms with van der Waals surface area (Å²) in [5.41, 5.74) is 1.74. The minimum Gasteiger partial charge on any atom is -0.354 e. The fourth-order valence-electron chi connectivity index (χ4n) is 2.27. The highest BCUT2D eigenvalue weighted by atomic mass is 35.5. The smallest absolute Gasteiger partial charge is 0.221 e. The maximum absolute atomic E-state index is 11.8. The summed E-state index contributed by atoms with van der Waals surface area (Å²) >= 11 is 12.2. The van der Waals surface area contributed by atoms with Crippen molar-refractivity contribution in [1.29, 1.82) is 0 Å². The number of carbonyl (C=O) groups is 1. The van der Waals surface area contributed by atoms with Crippen molar-refractivity contribution in [3.8, 4) is 0 Å². The van der Waals surface area contributed by atoms with Crippen LogP contribution in [0.15, 0.2) is 18.2 Å². The summed E-state index contributed by atoms with van der Waals surface area (Å²) in [6.07, 6.45) is 0.392. The lowest BCUT2D eigenvalue weighted by Crippen LogP contribution is -2.30. The third-order valence-electron chi connectivity index (χ3n) is 3.11. The van der Waals surface area contributed by atoms with E-state index in [1.165, 1.54) is 0 Å². The minimum absolute atomic E-state index is 0.0222. The largest absolute Gasteiger partial charge is 0.354 e. The van der Waals surface area contributed by atoms with Gasteiger partial charge in [0.25, 0.3) is 0 Å². The Balaban J connectivity index is 2.28. The molecule has 1 atom stereocenters. The predicted octanol–water partition coefficient (Wildman–Crippen LogP) is 3.90. The Kier molecular flexibility index (Phi) is 5.12. The fraction of sp³-hybridized carbons (Fsp3) is 0.467. The Labute approximate surface area is 134 Å². The first-order valence-electron chi connectivity index (χ1n) is 6.97. The molecule has 2 rings (SSSR count). The molecule has 1 unspecified atom stereocenters. The molecule has 0 aliphatic carbocycles. The number of hydrogen-bond acceptors (Lipinski definition) is 2. The number of nitrogens with zero attached hydrogens (tertiary/aromatic N) is 2. The van der Waals surface area contributed by atoms with Gasteiger partial charge in [0, 0.05) is 24.0 Å². The van der Waals surface area contributed by atoms with Crippen molar-refractivity contribution in [2.75, 3.05) is 0 Å². The van der Waals surface area contributed by atoms with Gasteiger partial charge in [-0.1, -0.05) is 11.6 Å². The SMILES string of the molecule is CC(C)NC(=O)CCn1c(C(C)Cl)nc2cc(Cl)ccc21. The Hall–Kier alpha value is -1.26. The van der Waals surface area contributed by atoms with Gasteiger partial charge >= 0.3 is 0 Å². The van der Waals surface area contributed by atoms with Crippen LogP contribution < -0.4 is 5.32 Å². The highest BCUT2D eigenvalue weighted by molar-refractivity contribution is 6.31. The van der Waals surface area contributed by atoms with E-state index in [1.54, 1.807) is 0 Å². The molecule has 0 aliphatic heterocycles. The van der Waals surface area contributed by atoms with E-state index in [0.29, 0.717) is 18.0 Å². The van der Waals surface area contributed by atoms with Gasteiger partial charge in [-0.3, -0.25) is 4.79 Å². The van der Waals surface area contributed by atoms with Crippen LogP contribution in [0.1, 0.15) is 38.4 Å². The second-order valence-corrected chi connectivity index (χ2v) is 6.43. The number of rotatable bonds is 5. The molecule has 1 aromatic carbocycles. The number of nitrogens with one attached hydrogen (secondary N) is 1. The molecular weight excluding hydrogens is 309 g/mol. The van der Waals surface area contributed by atoms with Crippen molar-refractivity contribution in [2.45, 2.75) is 45.2 Å². The molecule has 0 saturated carbocycles. The Bertz CT molecular complexity index is 650. The summed E-state index contributed by atoms with van der Waals surface area (Å²) in [4.78, 5) is 16.3. The van der Waals surface area contributed by atoms with Gasteiger partial charge in [0.15, 0.2) is 0 Å². The van der Waals surface area contributed by atoms with Crippen LogP contribution in [0.25, 0.3) is 11.0 Å². The monoisotopic (exact) mass is 327 g/mol. The zero-order valence-electron chi connectivity index (χ0n) is 12.4. The van der Waals surface area contributed by atoms with Gasteiger partial charge in [-0.2, -0.15) is 0 Å². The lowest BCUT2D eigenvalue weighted by atomic mass is 10.3. The van der Waals surface area contributed by atoms with E-state index in [0.717, 1.165) is 16.9 Å². The number of benzene rings is 1. The number of fused-ring (bicyclic) bond motifs is 1. The van der Waals surface area contributed by atoms with E-state index in [2.05, 4.69) is 10.3 Å². The average Bonchev–Trinajstić information content (AvgIpc) is 2.73. The zero-order chi connectivity index (χ0) is 15.6. The van der Waals surface area contributed by atoms with Gasteiger partial charge in [0.1, 0.15) is 5.82 Å². The molecular formula is C15H19Cl2N3O. The fourth-order valence-corrected chi connectivity index (χ4v) is 2.60. The Morgan fingerprint density at radius 1 is 1.38 bits per heavy atom. The number of aromatic nitrogens is 2. The van der Waals surface area contributed by atoms with Crippen molar-refractivity contribution >= 4 is 40.1 Å². The summed E-state index contributed by atoms with van der Waals surface area (Å²) < 4.78 is 1.99. The van der Waals surface area contributed by atoms with Crippen LogP contribution in [0.4, 0.5) is 0 Å². The van der Waals surface area contributed by atoms with Crippen LogP contribution in [0.2, 0.25) is 5.02 Å². The summed E-state index contributed by atoms with van der Waals surface area (Å²) in [5, 5.41) is 3.29. The van der Waals surface area contributed by atoms with Crippen LogP contribution >= 0.6 is 23.2 Å². The van der Waals surface area contributed by atoms with Gasteiger partial charge in [0.2, 0.25) is 5.91 Å². The molecule has 21 heavy (non-hydrogen) atoms. The molecule has 0 saturated heterocycles. The molecule has 1 aromatic heterocycles. The van der Waals surface area contributed by atoms with E-state index in [-0.39, 0.29) is 17.3 Å². The van der Waals surface area contributed by atoms with E-state index in [1.807, 2.05) is 43.5 Å². The second-order valence-electron chi connectivity index (χ2n) is 5.34. The lowest BCUT2D eigenvalue weighted by Gasteiger charge is -2.12. The second kappa shape index (κ2) is 6.67. The summed E-state index contributed by atoms with van der Waals surface area (Å²) in [6.45, 7) is 6.30. The third kappa shape index (κ3) is 3.89. The molecule has 2 aromatic rings. The molecule has 0 fully saturated rings. The van der Waals surface area contributed by atoms with Crippen molar-refractivity contribution in [3.63, 3.8) is 0 Å². The van der Waals surface area contributed by atoms with Gasteiger partial charge in [-0.25, -0.2) is 4.98 Å². The summed E-state index contributed by atoms with van der Waals surface area (Å²) in [6, 6.07) is 5.68. The number of hydrogen-bond donors (Lipinski definition) is 1. The van der Waals surface area contributed by atoms with Crippen LogP contribution in [0, 0.1) is 0 Å². The van der Waals surface area contributed by atoms with Crippen LogP contribution in [0.3, 0.4) is 0 Å². The quantitative estimate of drug-likeness (QED) is 0.846. The maximum Gasteiger partial charge on any atom is 0.221 e. The molecule has 0 spiro atoms. The van der Waals surface area contributed by atoms with Crippen LogP contribution in [-0.2, 0) is 11.3 Å². The highest BCUT2D eigenvalue weighted by Crippen LogP contribution is 2.26. The van der Waals surface area contributed by atoms with Crippen molar-refractivity contribution in [2.24, 2.45) is 0 Å². The van der Waals surface area contributed by atoms with E-state index < -0.39 is 0 Å². The molecule has 114 valence electrons. The summed E-state index contributed by atoms with van der Waals surface area (Å²) in [5.74, 6) is 0.778. The zero-order valence-corrected chi connectivity index (χ0v) is 13.9. The van der Waals surface area contributed by atoms with E-state index in [9.17, 15) is 4.79 Å².